The molecule has 3 aromatic heterocycles. The maximum Gasteiger partial charge on any atom is 0.324 e. The smallest absolute Gasteiger partial charge is 0.324 e. The molecule has 5 aromatic rings. The first-order valence-corrected chi connectivity index (χ1v) is 12.6. The van der Waals surface area contributed by atoms with E-state index >= 15 is 0 Å². The Labute approximate surface area is 235 Å². The number of halogens is 1. The fourth-order valence-electron chi connectivity index (χ4n) is 3.89. The van der Waals surface area contributed by atoms with Crippen LogP contribution < -0.4 is 15.4 Å². The molecule has 0 saturated carbocycles. The predicted molar refractivity (Wildman–Crippen MR) is 150 cm³/mol. The van der Waals surface area contributed by atoms with Crippen molar-refractivity contribution in [3.05, 3.63) is 90.3 Å². The Hall–Kier alpha value is -5.57. The molecule has 0 fully saturated rings. The zero-order chi connectivity index (χ0) is 29.1. The monoisotopic (exact) mass is 551 g/mol. The van der Waals surface area contributed by atoms with E-state index in [1.807, 2.05) is 20.8 Å². The number of urea groups is 1. The van der Waals surface area contributed by atoms with Crippen LogP contribution in [0.2, 0.25) is 0 Å². The molecule has 0 atom stereocenters. The van der Waals surface area contributed by atoms with Gasteiger partial charge in [-0.1, -0.05) is 20.8 Å². The van der Waals surface area contributed by atoms with E-state index in [1.54, 1.807) is 77.4 Å². The van der Waals surface area contributed by atoms with Gasteiger partial charge in [-0.2, -0.15) is 10.4 Å². The number of amides is 2. The number of hydrogen-bond acceptors (Lipinski definition) is 7. The first kappa shape index (κ1) is 27.0. The number of rotatable bonds is 6. The highest BCUT2D eigenvalue weighted by Crippen LogP contribution is 2.29. The molecule has 11 nitrogen and oxygen atoms in total. The Bertz CT molecular complexity index is 1760. The SMILES string of the molecule is Cn1cnnc1-c1cc(Oc2ccc(NC(=O)Nc3cc(C(C)(C)C)nn3-c3ccc(C#N)cc3)c(F)c2)ccn1. The highest BCUT2D eigenvalue weighted by Gasteiger charge is 2.22. The highest BCUT2D eigenvalue weighted by atomic mass is 19.1. The Morgan fingerprint density at radius 3 is 2.44 bits per heavy atom. The van der Waals surface area contributed by atoms with Gasteiger partial charge in [-0.05, 0) is 42.5 Å². The zero-order valence-corrected chi connectivity index (χ0v) is 22.8. The molecule has 3 heterocycles. The topological polar surface area (TPSA) is 136 Å². The lowest BCUT2D eigenvalue weighted by Gasteiger charge is -2.14. The molecule has 0 bridgehead atoms. The van der Waals surface area contributed by atoms with Gasteiger partial charge in [0.1, 0.15) is 35.2 Å². The second-order valence-electron chi connectivity index (χ2n) is 10.2. The molecule has 41 heavy (non-hydrogen) atoms. The minimum absolute atomic E-state index is 0.0372. The maximum atomic E-state index is 15.0. The number of benzene rings is 2. The number of pyridine rings is 1. The molecule has 0 saturated heterocycles. The van der Waals surface area contributed by atoms with E-state index < -0.39 is 11.8 Å². The normalized spacial score (nSPS) is 11.1. The summed E-state index contributed by atoms with van der Waals surface area (Å²) in [7, 11) is 1.80. The van der Waals surface area contributed by atoms with Gasteiger partial charge in [0.05, 0.1) is 28.7 Å². The van der Waals surface area contributed by atoms with Crippen molar-refractivity contribution >= 4 is 17.5 Å². The fraction of sp³-hybridized carbons (Fsp3) is 0.172. The number of anilines is 2. The third-order valence-electron chi connectivity index (χ3n) is 6.06. The van der Waals surface area contributed by atoms with E-state index in [0.717, 1.165) is 5.69 Å². The summed E-state index contributed by atoms with van der Waals surface area (Å²) in [6, 6.07) is 17.4. The molecule has 2 N–H and O–H groups in total. The molecular weight excluding hydrogens is 525 g/mol. The number of ether oxygens (including phenoxy) is 1. The lowest BCUT2D eigenvalue weighted by Crippen LogP contribution is -2.22. The second-order valence-corrected chi connectivity index (χ2v) is 10.2. The van der Waals surface area contributed by atoms with Crippen LogP contribution in [0.1, 0.15) is 32.0 Å². The van der Waals surface area contributed by atoms with Gasteiger partial charge in [0.15, 0.2) is 5.82 Å². The molecule has 0 aliphatic carbocycles. The highest BCUT2D eigenvalue weighted by molar-refractivity contribution is 5.99. The van der Waals surface area contributed by atoms with Crippen LogP contribution in [0, 0.1) is 17.1 Å². The minimum atomic E-state index is -0.684. The van der Waals surface area contributed by atoms with Gasteiger partial charge in [0.2, 0.25) is 0 Å². The summed E-state index contributed by atoms with van der Waals surface area (Å²) in [5.41, 5.74) is 2.11. The molecule has 0 aliphatic heterocycles. The van der Waals surface area contributed by atoms with Crippen LogP contribution in [-0.2, 0) is 12.5 Å². The molecule has 0 aliphatic rings. The summed E-state index contributed by atoms with van der Waals surface area (Å²) in [6.07, 6.45) is 3.12. The lowest BCUT2D eigenvalue weighted by atomic mass is 9.92. The molecular formula is C29H26FN9O2. The van der Waals surface area contributed by atoms with E-state index in [9.17, 15) is 9.18 Å². The number of nitrogens with one attached hydrogen (secondary N) is 2. The molecule has 2 amide bonds. The standard InChI is InChI=1S/C29H26FN9O2/c1-29(2,3)25-15-26(39(37-25)19-7-5-18(16-31)6-8-19)35-28(40)34-23-10-9-20(13-22(23)30)41-21-11-12-32-24(14-21)27-36-33-17-38(27)4/h5-15,17H,1-4H3,(H2,34,35,40). The summed E-state index contributed by atoms with van der Waals surface area (Å²) in [5, 5.41) is 26.9. The predicted octanol–water partition coefficient (Wildman–Crippen LogP) is 5.81. The van der Waals surface area contributed by atoms with E-state index in [2.05, 4.69) is 37.0 Å². The van der Waals surface area contributed by atoms with Crippen LogP contribution in [0.15, 0.2) is 73.2 Å². The average Bonchev–Trinajstić information content (AvgIpc) is 3.57. The van der Waals surface area contributed by atoms with Crippen molar-refractivity contribution in [1.29, 1.82) is 5.26 Å². The van der Waals surface area contributed by atoms with Crippen LogP contribution in [0.3, 0.4) is 0 Å². The third kappa shape index (κ3) is 6.04. The van der Waals surface area contributed by atoms with Crippen molar-refractivity contribution < 1.29 is 13.9 Å². The number of nitriles is 1. The number of aromatic nitrogens is 6. The van der Waals surface area contributed by atoms with Crippen LogP contribution in [0.25, 0.3) is 17.2 Å². The number of aryl methyl sites for hydroxylation is 1. The van der Waals surface area contributed by atoms with Crippen LogP contribution >= 0.6 is 0 Å². The molecule has 5 rings (SSSR count). The largest absolute Gasteiger partial charge is 0.457 e. The van der Waals surface area contributed by atoms with Gasteiger partial charge in [-0.15, -0.1) is 10.2 Å². The molecule has 0 spiro atoms. The van der Waals surface area contributed by atoms with Crippen LogP contribution in [-0.4, -0.2) is 35.6 Å². The van der Waals surface area contributed by atoms with Crippen molar-refractivity contribution in [1.82, 2.24) is 29.5 Å². The Morgan fingerprint density at radius 1 is 1.02 bits per heavy atom. The quantitative estimate of drug-likeness (QED) is 0.272. The van der Waals surface area contributed by atoms with Crippen molar-refractivity contribution in [2.24, 2.45) is 7.05 Å². The van der Waals surface area contributed by atoms with E-state index in [0.29, 0.717) is 34.3 Å². The second kappa shape index (κ2) is 10.9. The van der Waals surface area contributed by atoms with Crippen molar-refractivity contribution in [3.8, 4) is 34.8 Å². The third-order valence-corrected chi connectivity index (χ3v) is 6.06. The summed E-state index contributed by atoms with van der Waals surface area (Å²) >= 11 is 0. The maximum absolute atomic E-state index is 15.0. The van der Waals surface area contributed by atoms with Gasteiger partial charge in [-0.3, -0.25) is 10.3 Å². The van der Waals surface area contributed by atoms with Gasteiger partial charge >= 0.3 is 6.03 Å². The van der Waals surface area contributed by atoms with Crippen molar-refractivity contribution in [2.75, 3.05) is 10.6 Å². The van der Waals surface area contributed by atoms with Crippen LogP contribution in [0.5, 0.6) is 11.5 Å². The number of nitrogens with zero attached hydrogens (tertiary/aromatic N) is 7. The van der Waals surface area contributed by atoms with Crippen molar-refractivity contribution in [3.63, 3.8) is 0 Å². The molecule has 0 unspecified atom stereocenters. The number of carbonyl (C=O) groups excluding carboxylic acids is 1. The molecule has 2 aromatic carbocycles. The van der Waals surface area contributed by atoms with Crippen molar-refractivity contribution in [2.45, 2.75) is 26.2 Å². The molecule has 206 valence electrons. The first-order chi connectivity index (χ1) is 19.6. The summed E-state index contributed by atoms with van der Waals surface area (Å²) in [5.74, 6) is 0.923. The van der Waals surface area contributed by atoms with Gasteiger partial charge < -0.3 is 14.6 Å². The zero-order valence-electron chi connectivity index (χ0n) is 22.8. The van der Waals surface area contributed by atoms with Gasteiger partial charge in [0.25, 0.3) is 0 Å². The van der Waals surface area contributed by atoms with E-state index in [1.165, 1.54) is 12.1 Å². The first-order valence-electron chi connectivity index (χ1n) is 12.6. The Balaban J connectivity index is 1.31. The summed E-state index contributed by atoms with van der Waals surface area (Å²) in [4.78, 5) is 17.2. The number of hydrogen-bond donors (Lipinski definition) is 2. The van der Waals surface area contributed by atoms with E-state index in [4.69, 9.17) is 10.00 Å². The van der Waals surface area contributed by atoms with Gasteiger partial charge in [0, 0.05) is 36.9 Å². The Morgan fingerprint density at radius 2 is 1.78 bits per heavy atom. The van der Waals surface area contributed by atoms with E-state index in [-0.39, 0.29) is 16.9 Å². The van der Waals surface area contributed by atoms with Gasteiger partial charge in [-0.25, -0.2) is 13.9 Å². The molecule has 12 heteroatoms. The average molecular weight is 552 g/mol. The Kier molecular flexibility index (Phi) is 7.18. The number of carbonyl (C=O) groups is 1. The molecule has 0 radical (unpaired) electrons. The summed E-state index contributed by atoms with van der Waals surface area (Å²) in [6.45, 7) is 6.01. The summed E-state index contributed by atoms with van der Waals surface area (Å²) < 4.78 is 24.1. The van der Waals surface area contributed by atoms with Crippen LogP contribution in [0.4, 0.5) is 20.7 Å². The lowest BCUT2D eigenvalue weighted by molar-refractivity contribution is 0.262. The fourth-order valence-corrected chi connectivity index (χ4v) is 3.89. The minimum Gasteiger partial charge on any atom is -0.457 e.